The zero-order valence-electron chi connectivity index (χ0n) is 8.77. The molecule has 1 atom stereocenters. The van der Waals surface area contributed by atoms with Crippen molar-refractivity contribution < 1.29 is 23.1 Å². The van der Waals surface area contributed by atoms with Gasteiger partial charge in [0.15, 0.2) is 0 Å². The van der Waals surface area contributed by atoms with Crippen LogP contribution in [0.25, 0.3) is 0 Å². The summed E-state index contributed by atoms with van der Waals surface area (Å²) in [5, 5.41) is 13.2. The predicted octanol–water partition coefficient (Wildman–Crippen LogP) is 1.01. The molecule has 0 fully saturated rings. The van der Waals surface area contributed by atoms with E-state index in [9.17, 15) is 23.1 Å². The number of hydrogen-bond acceptors (Lipinski definition) is 2. The minimum absolute atomic E-state index is 0.647. The summed E-state index contributed by atoms with van der Waals surface area (Å²) >= 11 is 0. The SMILES string of the molecule is CC(NC(=O)NCC(F)(F)F)C(C)(C)O. The van der Waals surface area contributed by atoms with Crippen LogP contribution in [-0.4, -0.2) is 35.5 Å². The number of alkyl halides is 3. The Morgan fingerprint density at radius 2 is 1.87 bits per heavy atom. The highest BCUT2D eigenvalue weighted by Crippen LogP contribution is 2.12. The molecule has 0 rings (SSSR count). The molecule has 0 aliphatic rings. The van der Waals surface area contributed by atoms with Gasteiger partial charge in [0, 0.05) is 0 Å². The Labute approximate surface area is 85.8 Å². The summed E-state index contributed by atoms with van der Waals surface area (Å²) < 4.78 is 35.1. The van der Waals surface area contributed by atoms with Crippen molar-refractivity contribution >= 4 is 6.03 Å². The first-order valence-electron chi connectivity index (χ1n) is 4.36. The molecule has 7 heteroatoms. The van der Waals surface area contributed by atoms with E-state index in [0.29, 0.717) is 0 Å². The molecule has 0 saturated heterocycles. The summed E-state index contributed by atoms with van der Waals surface area (Å²) in [5.41, 5.74) is -1.18. The highest BCUT2D eigenvalue weighted by Gasteiger charge is 2.29. The quantitative estimate of drug-likeness (QED) is 0.675. The van der Waals surface area contributed by atoms with Gasteiger partial charge < -0.3 is 15.7 Å². The number of nitrogens with one attached hydrogen (secondary N) is 2. The molecular weight excluding hydrogens is 213 g/mol. The minimum atomic E-state index is -4.44. The number of carbonyl (C=O) groups excluding carboxylic acids is 1. The molecule has 1 unspecified atom stereocenters. The molecule has 90 valence electrons. The van der Waals surface area contributed by atoms with Crippen molar-refractivity contribution in [2.24, 2.45) is 0 Å². The van der Waals surface area contributed by atoms with Gasteiger partial charge in [-0.1, -0.05) is 0 Å². The van der Waals surface area contributed by atoms with Gasteiger partial charge in [0.2, 0.25) is 0 Å². The van der Waals surface area contributed by atoms with E-state index >= 15 is 0 Å². The van der Waals surface area contributed by atoms with Crippen LogP contribution in [0, 0.1) is 0 Å². The van der Waals surface area contributed by atoms with Crippen LogP contribution in [0.2, 0.25) is 0 Å². The topological polar surface area (TPSA) is 61.4 Å². The molecule has 0 aromatic heterocycles. The van der Waals surface area contributed by atoms with Crippen LogP contribution in [-0.2, 0) is 0 Å². The molecule has 0 aliphatic carbocycles. The lowest BCUT2D eigenvalue weighted by Gasteiger charge is -2.26. The normalized spacial score (nSPS) is 14.6. The maximum absolute atomic E-state index is 11.7. The summed E-state index contributed by atoms with van der Waals surface area (Å²) in [4.78, 5) is 10.9. The van der Waals surface area contributed by atoms with Gasteiger partial charge >= 0.3 is 12.2 Å². The van der Waals surface area contributed by atoms with Crippen LogP contribution in [0.4, 0.5) is 18.0 Å². The Morgan fingerprint density at radius 1 is 1.40 bits per heavy atom. The third-order valence-electron chi connectivity index (χ3n) is 1.86. The lowest BCUT2D eigenvalue weighted by Crippen LogP contribution is -2.51. The summed E-state index contributed by atoms with van der Waals surface area (Å²) in [5.74, 6) is 0. The first-order chi connectivity index (χ1) is 6.52. The zero-order valence-corrected chi connectivity index (χ0v) is 8.77. The minimum Gasteiger partial charge on any atom is -0.388 e. The fourth-order valence-corrected chi connectivity index (χ4v) is 0.605. The van der Waals surface area contributed by atoms with Crippen LogP contribution in [0.5, 0.6) is 0 Å². The Kier molecular flexibility index (Phi) is 4.39. The molecule has 0 saturated carbocycles. The van der Waals surface area contributed by atoms with Gasteiger partial charge in [-0.15, -0.1) is 0 Å². The Hall–Kier alpha value is -0.980. The molecule has 4 nitrogen and oxygen atoms in total. The van der Waals surface area contributed by atoms with Gasteiger partial charge in [-0.2, -0.15) is 13.2 Å². The second kappa shape index (κ2) is 4.69. The lowest BCUT2D eigenvalue weighted by molar-refractivity contribution is -0.122. The van der Waals surface area contributed by atoms with Gasteiger partial charge in [0.05, 0.1) is 11.6 Å². The first kappa shape index (κ1) is 14.0. The third-order valence-corrected chi connectivity index (χ3v) is 1.86. The largest absolute Gasteiger partial charge is 0.405 e. The number of halogens is 3. The van der Waals surface area contributed by atoms with Crippen molar-refractivity contribution in [1.29, 1.82) is 0 Å². The number of urea groups is 1. The van der Waals surface area contributed by atoms with E-state index in [1.54, 1.807) is 5.32 Å². The molecule has 15 heavy (non-hydrogen) atoms. The third kappa shape index (κ3) is 7.01. The Bertz CT molecular complexity index is 223. The summed E-state index contributed by atoms with van der Waals surface area (Å²) in [7, 11) is 0. The fraction of sp³-hybridized carbons (Fsp3) is 0.875. The van der Waals surface area contributed by atoms with Gasteiger partial charge in [-0.3, -0.25) is 0 Å². The van der Waals surface area contributed by atoms with E-state index in [1.807, 2.05) is 0 Å². The number of carbonyl (C=O) groups is 1. The molecule has 0 heterocycles. The van der Waals surface area contributed by atoms with Gasteiger partial charge in [0.25, 0.3) is 0 Å². The van der Waals surface area contributed by atoms with Gasteiger partial charge in [-0.25, -0.2) is 4.79 Å². The number of rotatable bonds is 3. The Balaban J connectivity index is 3.96. The Morgan fingerprint density at radius 3 is 2.20 bits per heavy atom. The van der Waals surface area contributed by atoms with E-state index in [1.165, 1.54) is 20.8 Å². The van der Waals surface area contributed by atoms with E-state index in [2.05, 4.69) is 5.32 Å². The van der Waals surface area contributed by atoms with Crippen molar-refractivity contribution in [3.63, 3.8) is 0 Å². The second-order valence-corrected chi connectivity index (χ2v) is 3.82. The number of hydrogen-bond donors (Lipinski definition) is 3. The average Bonchev–Trinajstić information content (AvgIpc) is 1.97. The second-order valence-electron chi connectivity index (χ2n) is 3.82. The van der Waals surface area contributed by atoms with E-state index < -0.39 is 30.4 Å². The molecule has 0 aromatic carbocycles. The fourth-order valence-electron chi connectivity index (χ4n) is 0.605. The predicted molar refractivity (Wildman–Crippen MR) is 48.3 cm³/mol. The number of aliphatic hydroxyl groups is 1. The standard InChI is InChI=1S/C8H15F3N2O2/c1-5(7(2,3)15)13-6(14)12-4-8(9,10)11/h5,15H,4H2,1-3H3,(H2,12,13,14). The van der Waals surface area contributed by atoms with Crippen molar-refractivity contribution in [3.8, 4) is 0 Å². The van der Waals surface area contributed by atoms with E-state index in [-0.39, 0.29) is 0 Å². The molecule has 0 aliphatic heterocycles. The molecular formula is C8H15F3N2O2. The maximum Gasteiger partial charge on any atom is 0.405 e. The molecule has 2 amide bonds. The highest BCUT2D eigenvalue weighted by atomic mass is 19.4. The molecule has 0 radical (unpaired) electrons. The van der Waals surface area contributed by atoms with Crippen LogP contribution in [0.1, 0.15) is 20.8 Å². The monoisotopic (exact) mass is 228 g/mol. The molecule has 3 N–H and O–H groups in total. The maximum atomic E-state index is 11.7. The molecule has 0 bridgehead atoms. The highest BCUT2D eigenvalue weighted by molar-refractivity contribution is 5.74. The van der Waals surface area contributed by atoms with E-state index in [0.717, 1.165) is 0 Å². The zero-order chi connectivity index (χ0) is 12.3. The van der Waals surface area contributed by atoms with Crippen LogP contribution < -0.4 is 10.6 Å². The number of amides is 2. The van der Waals surface area contributed by atoms with Crippen molar-refractivity contribution in [2.75, 3.05) is 6.54 Å². The van der Waals surface area contributed by atoms with Gasteiger partial charge in [-0.05, 0) is 20.8 Å². The summed E-state index contributed by atoms with van der Waals surface area (Å²) in [6.07, 6.45) is -4.44. The van der Waals surface area contributed by atoms with Crippen molar-refractivity contribution in [3.05, 3.63) is 0 Å². The molecule has 0 spiro atoms. The smallest absolute Gasteiger partial charge is 0.388 e. The lowest BCUT2D eigenvalue weighted by atomic mass is 10.0. The van der Waals surface area contributed by atoms with Crippen LogP contribution in [0.15, 0.2) is 0 Å². The van der Waals surface area contributed by atoms with Crippen molar-refractivity contribution in [1.82, 2.24) is 10.6 Å². The van der Waals surface area contributed by atoms with Gasteiger partial charge in [0.1, 0.15) is 6.54 Å². The molecule has 0 aromatic rings. The summed E-state index contributed by atoms with van der Waals surface area (Å²) in [6, 6.07) is -1.60. The van der Waals surface area contributed by atoms with Crippen molar-refractivity contribution in [2.45, 2.75) is 38.6 Å². The first-order valence-corrected chi connectivity index (χ1v) is 4.36. The summed E-state index contributed by atoms with van der Waals surface area (Å²) in [6.45, 7) is 2.99. The van der Waals surface area contributed by atoms with Crippen LogP contribution >= 0.6 is 0 Å². The average molecular weight is 228 g/mol. The van der Waals surface area contributed by atoms with Crippen LogP contribution in [0.3, 0.4) is 0 Å². The van der Waals surface area contributed by atoms with E-state index in [4.69, 9.17) is 0 Å².